The zero-order chi connectivity index (χ0) is 26.1. The highest BCUT2D eigenvalue weighted by molar-refractivity contribution is 7.92. The average molecular weight is 524 g/mol. The Kier molecular flexibility index (Phi) is 7.10. The van der Waals surface area contributed by atoms with Crippen LogP contribution in [-0.2, 0) is 16.2 Å². The molecule has 3 aromatic rings. The molecule has 0 radical (unpaired) electrons. The van der Waals surface area contributed by atoms with Gasteiger partial charge in [-0.25, -0.2) is 13.2 Å². The summed E-state index contributed by atoms with van der Waals surface area (Å²) in [5.41, 5.74) is -2.84. The summed E-state index contributed by atoms with van der Waals surface area (Å²) in [5.74, 6) is -1.83. The molecule has 8 nitrogen and oxygen atoms in total. The third kappa shape index (κ3) is 5.71. The van der Waals surface area contributed by atoms with Crippen LogP contribution in [-0.4, -0.2) is 54.3 Å². The molecule has 0 spiro atoms. The van der Waals surface area contributed by atoms with Crippen LogP contribution < -0.4 is 10.2 Å². The van der Waals surface area contributed by atoms with Crippen LogP contribution >= 0.6 is 0 Å². The molecule has 1 saturated heterocycles. The molecule has 2 N–H and O–H groups in total. The second-order valence-corrected chi connectivity index (χ2v) is 10.5. The largest absolute Gasteiger partial charge is 0.477 e. The van der Waals surface area contributed by atoms with Crippen LogP contribution in [0.1, 0.15) is 35.2 Å². The zero-order valence-electron chi connectivity index (χ0n) is 19.1. The number of carboxylic acid groups (broad SMARTS) is 1. The van der Waals surface area contributed by atoms with E-state index in [1.165, 1.54) is 24.3 Å². The molecule has 2 heterocycles. The van der Waals surface area contributed by atoms with E-state index in [1.54, 1.807) is 6.07 Å². The van der Waals surface area contributed by atoms with Crippen molar-refractivity contribution in [2.24, 2.45) is 0 Å². The highest BCUT2D eigenvalue weighted by Gasteiger charge is 2.32. The summed E-state index contributed by atoms with van der Waals surface area (Å²) in [7, 11) is -3.98. The molecule has 4 rings (SSSR count). The zero-order valence-corrected chi connectivity index (χ0v) is 19.9. The number of nitrogens with zero attached hydrogens (tertiary/aromatic N) is 2. The third-order valence-corrected chi connectivity index (χ3v) is 7.33. The Bertz CT molecular complexity index is 1460. The summed E-state index contributed by atoms with van der Waals surface area (Å²) in [4.78, 5) is 26.2. The van der Waals surface area contributed by atoms with Crippen LogP contribution in [0.4, 0.5) is 18.9 Å². The second-order valence-electron chi connectivity index (χ2n) is 8.65. The molecule has 1 aliphatic rings. The number of nitrogens with one attached hydrogen (secondary N) is 1. The number of rotatable bonds is 7. The molecule has 0 amide bonds. The maximum absolute atomic E-state index is 13.7. The van der Waals surface area contributed by atoms with Gasteiger partial charge in [0.15, 0.2) is 0 Å². The number of alkyl halides is 3. The fourth-order valence-electron chi connectivity index (χ4n) is 4.28. The van der Waals surface area contributed by atoms with E-state index in [1.807, 2.05) is 4.90 Å². The van der Waals surface area contributed by atoms with E-state index >= 15 is 0 Å². The van der Waals surface area contributed by atoms with Crippen LogP contribution in [0.25, 0.3) is 16.6 Å². The first-order chi connectivity index (χ1) is 16.9. The van der Waals surface area contributed by atoms with Gasteiger partial charge in [0.1, 0.15) is 5.56 Å². The lowest BCUT2D eigenvalue weighted by Gasteiger charge is -2.26. The number of aromatic carboxylic acids is 1. The lowest BCUT2D eigenvalue weighted by molar-refractivity contribution is -0.137. The number of likely N-dealkylation sites (tertiary alicyclic amines) is 1. The van der Waals surface area contributed by atoms with E-state index in [-0.39, 0.29) is 34.6 Å². The van der Waals surface area contributed by atoms with Crippen LogP contribution in [0.3, 0.4) is 0 Å². The van der Waals surface area contributed by atoms with Gasteiger partial charge in [-0.2, -0.15) is 13.2 Å². The van der Waals surface area contributed by atoms with Gasteiger partial charge in [0.2, 0.25) is 15.5 Å². The molecular formula is C24H24F3N3O5S. The van der Waals surface area contributed by atoms with Crippen molar-refractivity contribution in [1.29, 1.82) is 0 Å². The number of hydrogen-bond donors (Lipinski definition) is 2. The van der Waals surface area contributed by atoms with E-state index in [9.17, 15) is 36.3 Å². The first kappa shape index (κ1) is 25.7. The summed E-state index contributed by atoms with van der Waals surface area (Å²) in [5, 5.41) is 9.46. The Morgan fingerprint density at radius 2 is 1.75 bits per heavy atom. The normalized spacial score (nSPS) is 15.2. The number of para-hydroxylation sites is 1. The highest BCUT2D eigenvalue weighted by Crippen LogP contribution is 2.34. The number of aromatic nitrogens is 1. The number of carboxylic acids is 1. The highest BCUT2D eigenvalue weighted by atomic mass is 32.2. The number of fused-ring (bicyclic) bond motifs is 1. The number of anilines is 1. The topological polar surface area (TPSA) is 109 Å². The lowest BCUT2D eigenvalue weighted by atomic mass is 10.1. The van der Waals surface area contributed by atoms with Gasteiger partial charge in [-0.15, -0.1) is 0 Å². The summed E-state index contributed by atoms with van der Waals surface area (Å²) in [6.07, 6.45) is -0.852. The maximum Gasteiger partial charge on any atom is 0.416 e. The molecule has 0 saturated carbocycles. The second kappa shape index (κ2) is 9.94. The SMILES string of the molecule is O=C(O)c1cn(-c2cc(NS(=O)(=O)CCN3CCCCC3)cc(C(F)(F)F)c2)c2ccccc2c1=O. The molecule has 1 aromatic heterocycles. The van der Waals surface area contributed by atoms with Crippen molar-refractivity contribution in [3.8, 4) is 5.69 Å². The molecule has 12 heteroatoms. The van der Waals surface area contributed by atoms with Crippen molar-refractivity contribution in [1.82, 2.24) is 9.47 Å². The minimum Gasteiger partial charge on any atom is -0.477 e. The van der Waals surface area contributed by atoms with Gasteiger partial charge in [-0.05, 0) is 56.3 Å². The number of carbonyl (C=O) groups is 1. The van der Waals surface area contributed by atoms with E-state index in [4.69, 9.17) is 0 Å². The van der Waals surface area contributed by atoms with Gasteiger partial charge in [0, 0.05) is 23.8 Å². The van der Waals surface area contributed by atoms with Crippen LogP contribution in [0.2, 0.25) is 0 Å². The van der Waals surface area contributed by atoms with Gasteiger partial charge >= 0.3 is 12.1 Å². The molecule has 36 heavy (non-hydrogen) atoms. The van der Waals surface area contributed by atoms with Crippen molar-refractivity contribution < 1.29 is 31.5 Å². The predicted molar refractivity (Wildman–Crippen MR) is 129 cm³/mol. The number of hydrogen-bond acceptors (Lipinski definition) is 5. The van der Waals surface area contributed by atoms with E-state index in [0.717, 1.165) is 49.2 Å². The van der Waals surface area contributed by atoms with Gasteiger partial charge in [0.05, 0.1) is 22.5 Å². The Labute approximate surface area is 205 Å². The first-order valence-electron chi connectivity index (χ1n) is 11.3. The minimum atomic E-state index is -4.81. The fraction of sp³-hybridized carbons (Fsp3) is 0.333. The van der Waals surface area contributed by atoms with E-state index < -0.39 is 38.7 Å². The molecular weight excluding hydrogens is 499 g/mol. The molecule has 0 aliphatic carbocycles. The smallest absolute Gasteiger partial charge is 0.416 e. The summed E-state index contributed by atoms with van der Waals surface area (Å²) in [6.45, 7) is 1.80. The van der Waals surface area contributed by atoms with Crippen molar-refractivity contribution in [2.45, 2.75) is 25.4 Å². The monoisotopic (exact) mass is 523 g/mol. The molecule has 192 valence electrons. The van der Waals surface area contributed by atoms with E-state index in [0.29, 0.717) is 6.07 Å². The van der Waals surface area contributed by atoms with Gasteiger partial charge < -0.3 is 14.6 Å². The van der Waals surface area contributed by atoms with Crippen molar-refractivity contribution in [3.63, 3.8) is 0 Å². The number of piperidine rings is 1. The van der Waals surface area contributed by atoms with Crippen molar-refractivity contribution in [3.05, 3.63) is 70.0 Å². The van der Waals surface area contributed by atoms with Gasteiger partial charge in [-0.3, -0.25) is 9.52 Å². The van der Waals surface area contributed by atoms with Crippen LogP contribution in [0.5, 0.6) is 0 Å². The van der Waals surface area contributed by atoms with Crippen LogP contribution in [0.15, 0.2) is 53.5 Å². The number of halogens is 3. The summed E-state index contributed by atoms with van der Waals surface area (Å²) < 4.78 is 70.0. The Morgan fingerprint density at radius 3 is 2.42 bits per heavy atom. The minimum absolute atomic E-state index is 0.00141. The van der Waals surface area contributed by atoms with Crippen LogP contribution in [0, 0.1) is 0 Å². The number of pyridine rings is 1. The Hall–Kier alpha value is -3.38. The fourth-order valence-corrected chi connectivity index (χ4v) is 5.36. The lowest BCUT2D eigenvalue weighted by Crippen LogP contribution is -2.35. The van der Waals surface area contributed by atoms with Gasteiger partial charge in [0.25, 0.3) is 0 Å². The molecule has 2 aromatic carbocycles. The molecule has 1 aliphatic heterocycles. The maximum atomic E-state index is 13.7. The molecule has 0 bridgehead atoms. The standard InChI is InChI=1S/C24H24F3N3O5S/c25-24(26,27)16-12-17(28-36(34,35)11-10-29-8-4-1-5-9-29)14-18(13-16)30-15-20(23(32)33)22(31)19-6-2-3-7-21(19)30/h2-3,6-7,12-15,28H,1,4-5,8-11H2,(H,32,33). The molecule has 0 atom stereocenters. The Morgan fingerprint density at radius 1 is 1.06 bits per heavy atom. The molecule has 0 unspecified atom stereocenters. The molecule has 1 fully saturated rings. The predicted octanol–water partition coefficient (Wildman–Crippen LogP) is 3.94. The number of benzene rings is 2. The Balaban J connectivity index is 1.78. The first-order valence-corrected chi connectivity index (χ1v) is 12.9. The average Bonchev–Trinajstić information content (AvgIpc) is 2.82. The quantitative estimate of drug-likeness (QED) is 0.486. The van der Waals surface area contributed by atoms with E-state index in [2.05, 4.69) is 4.72 Å². The van der Waals surface area contributed by atoms with Gasteiger partial charge in [-0.1, -0.05) is 18.6 Å². The van der Waals surface area contributed by atoms with Crippen molar-refractivity contribution >= 4 is 32.6 Å². The summed E-state index contributed by atoms with van der Waals surface area (Å²) in [6, 6.07) is 8.53. The number of sulfonamides is 1. The van der Waals surface area contributed by atoms with Crippen molar-refractivity contribution in [2.75, 3.05) is 30.1 Å². The third-order valence-electron chi connectivity index (χ3n) is 6.06. The summed E-state index contributed by atoms with van der Waals surface area (Å²) >= 11 is 0.